The van der Waals surface area contributed by atoms with E-state index in [0.717, 1.165) is 44.6 Å². The number of rotatable bonds is 22. The minimum absolute atomic E-state index is 0. The van der Waals surface area contributed by atoms with Gasteiger partial charge in [0.05, 0.1) is 32.4 Å². The molecule has 4 rings (SSSR count). The van der Waals surface area contributed by atoms with Crippen LogP contribution in [-0.2, 0) is 68.7 Å². The highest BCUT2D eigenvalue weighted by molar-refractivity contribution is 5.86. The van der Waals surface area contributed by atoms with E-state index in [1.807, 2.05) is 156 Å². The fraction of sp³-hybridized carbons (Fsp3) is 0.584. The lowest BCUT2D eigenvalue weighted by Gasteiger charge is -2.25. The normalized spacial score (nSPS) is 13.0. The van der Waals surface area contributed by atoms with Gasteiger partial charge in [-0.05, 0) is 250 Å². The molecule has 0 aliphatic heterocycles. The number of aldehydes is 1. The van der Waals surface area contributed by atoms with E-state index in [1.165, 1.54) is 14.2 Å². The lowest BCUT2D eigenvalue weighted by Crippen LogP contribution is -2.49. The average molecular weight is 1490 g/mol. The van der Waals surface area contributed by atoms with E-state index in [2.05, 4.69) is 31.6 Å². The van der Waals surface area contributed by atoms with E-state index >= 15 is 0 Å². The number of aliphatic carboxylic acids is 1. The van der Waals surface area contributed by atoms with Crippen molar-refractivity contribution in [3.8, 4) is 29.1 Å². The molecule has 0 bridgehead atoms. The number of ether oxygens (including phenoxy) is 8. The molecular weight excluding hydrogens is 1360 g/mol. The van der Waals surface area contributed by atoms with Crippen molar-refractivity contribution < 1.29 is 91.3 Å². The number of amides is 5. The summed E-state index contributed by atoms with van der Waals surface area (Å²) in [6, 6.07) is 27.9. The number of aliphatic hydroxyl groups is 1. The molecule has 4 aromatic rings. The van der Waals surface area contributed by atoms with Gasteiger partial charge < -0.3 is 79.0 Å². The summed E-state index contributed by atoms with van der Waals surface area (Å²) < 4.78 is 43.7. The van der Waals surface area contributed by atoms with E-state index in [4.69, 9.17) is 48.0 Å². The number of carboxylic acid groups (broad SMARTS) is 1. The zero-order valence-electron chi connectivity index (χ0n) is 66.7. The molecular formula is C77H122ClN7O19. The standard InChI is InChI=1S/C20H32N2O5.C19H28N2O4.C18H27NO5.C18H27NO4.C2H7NO.ClH/c1-19(2,3)26-15-11-9-14(10-12-15)13-16(17(23)22(7)25-8)21-18(24)27-20(4,5)6;1-18(2,3)24-14-9-7-13(8-10-14)11-15(16(22)12-20)21-17(23)25-19(4,5)6;1-17(2,3)23-13-9-7-12(8-10-13)11-14(15(20)21)19-16(22)24-18(4,5)6;1-17(2,3)22-15-9-7-13(8-10-15)11-14(12-20)19-16(21)23-18(4,5)6;1-3-4-2;/h9-12,16H,13H2,1-8H3,(H,21,24);7-10,15-16,22H,11H2,1-6H3,(H,21,23);7-10,14H,11H2,1-6H3,(H,19,22)(H,20,21);7-10,12,14H,11H2,1-6H3,(H,19,21);3H,1-2H3;1H/t16-;15-,16?;2*14-;;/m0000../s1. The van der Waals surface area contributed by atoms with Gasteiger partial charge >= 0.3 is 30.3 Å². The second-order valence-electron chi connectivity index (χ2n) is 31.6. The molecule has 27 heteroatoms. The molecule has 0 aliphatic carbocycles. The van der Waals surface area contributed by atoms with Gasteiger partial charge in [-0.15, -0.1) is 12.4 Å². The molecule has 0 aromatic heterocycles. The van der Waals surface area contributed by atoms with Crippen LogP contribution in [-0.4, -0.2) is 161 Å². The Labute approximate surface area is 624 Å². The number of alkyl carbamates (subject to hydrolysis) is 4. The van der Waals surface area contributed by atoms with E-state index < -0.39 is 83.0 Å². The number of aliphatic hydroxyl groups excluding tert-OH is 1. The number of likely N-dealkylation sites (N-methyl/N-ethyl adjacent to an activating group) is 1. The number of hydrogen-bond donors (Lipinski definition) is 7. The molecule has 104 heavy (non-hydrogen) atoms. The van der Waals surface area contributed by atoms with E-state index in [0.29, 0.717) is 31.3 Å². The van der Waals surface area contributed by atoms with Gasteiger partial charge in [0.15, 0.2) is 6.10 Å². The molecule has 0 radical (unpaired) electrons. The number of nitrogens with one attached hydrogen (secondary N) is 5. The molecule has 0 heterocycles. The Morgan fingerprint density at radius 1 is 0.442 bits per heavy atom. The number of hydroxylamine groups is 3. The van der Waals surface area contributed by atoms with Gasteiger partial charge in [-0.2, -0.15) is 5.26 Å². The molecule has 0 aliphatic rings. The molecule has 0 saturated carbocycles. The zero-order valence-corrected chi connectivity index (χ0v) is 67.5. The largest absolute Gasteiger partial charge is 0.488 e. The molecule has 4 aromatic carbocycles. The van der Waals surface area contributed by atoms with Gasteiger partial charge in [-0.3, -0.25) is 9.63 Å². The Hall–Kier alpha value is -8.61. The summed E-state index contributed by atoms with van der Waals surface area (Å²) in [6.07, 6.45) is -2.14. The summed E-state index contributed by atoms with van der Waals surface area (Å²) in [5.74, 6) is 1.45. The first-order valence-electron chi connectivity index (χ1n) is 33.8. The third-order valence-electron chi connectivity index (χ3n) is 12.0. The van der Waals surface area contributed by atoms with Crippen LogP contribution < -0.4 is 45.7 Å². The molecule has 7 N–H and O–H groups in total. The second-order valence-corrected chi connectivity index (χ2v) is 31.6. The number of nitrogens with zero attached hydrogens (tertiary/aromatic N) is 2. The third-order valence-corrected chi connectivity index (χ3v) is 12.0. The number of halogens is 1. The average Bonchev–Trinajstić information content (AvgIpc) is 0.872. The van der Waals surface area contributed by atoms with Crippen LogP contribution in [0.3, 0.4) is 0 Å². The predicted octanol–water partition coefficient (Wildman–Crippen LogP) is 13.6. The first-order valence-corrected chi connectivity index (χ1v) is 33.8. The van der Waals surface area contributed by atoms with Crippen molar-refractivity contribution in [3.05, 3.63) is 119 Å². The summed E-state index contributed by atoms with van der Waals surface area (Å²) in [5, 5.41) is 39.4. The Morgan fingerprint density at radius 2 is 0.702 bits per heavy atom. The summed E-state index contributed by atoms with van der Waals surface area (Å²) in [5.41, 5.74) is 2.14. The molecule has 5 atom stereocenters. The lowest BCUT2D eigenvalue weighted by molar-refractivity contribution is -0.171. The maximum atomic E-state index is 12.5. The number of carboxylic acids is 1. The van der Waals surface area contributed by atoms with Crippen LogP contribution in [0, 0.1) is 11.3 Å². The Kier molecular flexibility index (Phi) is 41.5. The molecule has 5 amide bonds. The highest BCUT2D eigenvalue weighted by Crippen LogP contribution is 2.24. The molecule has 0 spiro atoms. The number of carbonyl (C=O) groups excluding carboxylic acids is 6. The molecule has 0 fully saturated rings. The summed E-state index contributed by atoms with van der Waals surface area (Å²) in [4.78, 5) is 91.8. The lowest BCUT2D eigenvalue weighted by atomic mass is 10.0. The van der Waals surface area contributed by atoms with Crippen LogP contribution in [0.5, 0.6) is 23.0 Å². The molecule has 1 unspecified atom stereocenters. The predicted molar refractivity (Wildman–Crippen MR) is 403 cm³/mol. The van der Waals surface area contributed by atoms with Gasteiger partial charge in [0, 0.05) is 26.9 Å². The van der Waals surface area contributed by atoms with Gasteiger partial charge in [-0.25, -0.2) is 34.5 Å². The number of benzene rings is 4. The fourth-order valence-electron chi connectivity index (χ4n) is 8.16. The summed E-state index contributed by atoms with van der Waals surface area (Å²) in [7, 11) is 6.16. The number of carbonyl (C=O) groups is 7. The zero-order chi connectivity index (χ0) is 79.7. The first-order chi connectivity index (χ1) is 46.9. The van der Waals surface area contributed by atoms with E-state index in [1.54, 1.807) is 128 Å². The highest BCUT2D eigenvalue weighted by Gasteiger charge is 2.30. The minimum atomic E-state index is -1.34. The van der Waals surface area contributed by atoms with Crippen LogP contribution >= 0.6 is 12.4 Å². The van der Waals surface area contributed by atoms with Gasteiger partial charge in [0.25, 0.3) is 5.91 Å². The van der Waals surface area contributed by atoms with Crippen LogP contribution in [0.2, 0.25) is 0 Å². The van der Waals surface area contributed by atoms with Gasteiger partial charge in [0.1, 0.15) is 86.2 Å². The smallest absolute Gasteiger partial charge is 0.408 e. The van der Waals surface area contributed by atoms with Gasteiger partial charge in [0.2, 0.25) is 0 Å². The third kappa shape index (κ3) is 49.9. The van der Waals surface area contributed by atoms with Crippen molar-refractivity contribution in [2.75, 3.05) is 28.3 Å². The molecule has 0 saturated heterocycles. The first kappa shape index (κ1) is 97.4. The van der Waals surface area contributed by atoms with E-state index in [9.17, 15) is 43.8 Å². The summed E-state index contributed by atoms with van der Waals surface area (Å²) in [6.45, 7) is 44.6. The maximum Gasteiger partial charge on any atom is 0.408 e. The summed E-state index contributed by atoms with van der Waals surface area (Å²) >= 11 is 0. The number of hydrogen-bond acceptors (Lipinski definition) is 20. The van der Waals surface area contributed by atoms with Gasteiger partial charge in [-0.1, -0.05) is 48.5 Å². The van der Waals surface area contributed by atoms with Crippen LogP contribution in [0.15, 0.2) is 97.1 Å². The van der Waals surface area contributed by atoms with E-state index in [-0.39, 0.29) is 47.1 Å². The SMILES string of the molecule is CC(C)(C)OC(=O)N[C@@H](Cc1ccc(OC(C)(C)C)cc1)C(=O)O.CC(C)(C)OC(=O)N[C@@H](Cc1ccc(OC(C)(C)C)cc1)C(O)C#N.CC(C)(C)OC(=O)N[C@H](C=O)Cc1ccc(OC(C)(C)C)cc1.CNOC.CON(C)C(=O)[C@H](Cc1ccc(OC(C)(C)C)cc1)NC(=O)OC(C)(C)C.Cl. The van der Waals surface area contributed by atoms with Crippen molar-refractivity contribution >= 4 is 54.9 Å². The topological polar surface area (TPSA) is 339 Å². The number of nitriles is 1. The molecule has 26 nitrogen and oxygen atoms in total. The van der Waals surface area contributed by atoms with Crippen molar-refractivity contribution in [1.82, 2.24) is 31.8 Å². The second kappa shape index (κ2) is 44.3. The quantitative estimate of drug-likeness (QED) is 0.0166. The van der Waals surface area contributed by atoms with Crippen LogP contribution in [0.4, 0.5) is 19.2 Å². The van der Waals surface area contributed by atoms with Crippen LogP contribution in [0.25, 0.3) is 0 Å². The monoisotopic (exact) mass is 1480 g/mol. The van der Waals surface area contributed by atoms with Crippen LogP contribution in [0.1, 0.15) is 188 Å². The van der Waals surface area contributed by atoms with Crippen molar-refractivity contribution in [1.29, 1.82) is 5.26 Å². The minimum Gasteiger partial charge on any atom is -0.488 e. The Balaban J connectivity index is 0. The Morgan fingerprint density at radius 3 is 0.952 bits per heavy atom. The highest BCUT2D eigenvalue weighted by atomic mass is 35.5. The van der Waals surface area contributed by atoms with Crippen molar-refractivity contribution in [2.45, 2.75) is 267 Å². The Bertz CT molecular complexity index is 3240. The van der Waals surface area contributed by atoms with Crippen molar-refractivity contribution in [2.24, 2.45) is 0 Å². The molecule has 586 valence electrons. The maximum absolute atomic E-state index is 12.5. The van der Waals surface area contributed by atoms with Crippen molar-refractivity contribution in [3.63, 3.8) is 0 Å². The fourth-order valence-corrected chi connectivity index (χ4v) is 8.16.